The molecule has 2 heterocycles. The molecule has 1 aromatic heterocycles. The van der Waals surface area contributed by atoms with Gasteiger partial charge in [0.05, 0.1) is 30.6 Å². The number of nitrogens with zero attached hydrogens (tertiary/aromatic N) is 2. The van der Waals surface area contributed by atoms with Crippen LogP contribution in [0, 0.1) is 0 Å². The molecular formula is C21H20Cl2N4O3S2. The summed E-state index contributed by atoms with van der Waals surface area (Å²) in [5.41, 5.74) is 5.82. The SMILES string of the molecule is NC(=O)NSc1ccc(SCC2COC(Cn3ccnc3)(c3ccc(Cl)cc3Cl)O2)cc1. The Morgan fingerprint density at radius 2 is 2.03 bits per heavy atom. The number of primary amides is 1. The molecule has 2 unspecified atom stereocenters. The third kappa shape index (κ3) is 5.72. The zero-order valence-electron chi connectivity index (χ0n) is 16.7. The number of rotatable bonds is 8. The molecule has 32 heavy (non-hydrogen) atoms. The number of amides is 2. The van der Waals surface area contributed by atoms with E-state index in [9.17, 15) is 4.79 Å². The number of imidazole rings is 1. The van der Waals surface area contributed by atoms with Crippen LogP contribution >= 0.6 is 46.9 Å². The van der Waals surface area contributed by atoms with Gasteiger partial charge in [-0.3, -0.25) is 4.72 Å². The Hall–Kier alpha value is -1.88. The van der Waals surface area contributed by atoms with Gasteiger partial charge in [-0.05, 0) is 48.3 Å². The van der Waals surface area contributed by atoms with Crippen LogP contribution in [0.1, 0.15) is 5.56 Å². The van der Waals surface area contributed by atoms with Crippen LogP contribution in [0.25, 0.3) is 0 Å². The first-order valence-corrected chi connectivity index (χ1v) is 12.2. The number of halogens is 2. The Morgan fingerprint density at radius 3 is 2.72 bits per heavy atom. The Labute approximate surface area is 204 Å². The maximum absolute atomic E-state index is 10.8. The molecule has 168 valence electrons. The van der Waals surface area contributed by atoms with Gasteiger partial charge in [-0.1, -0.05) is 29.3 Å². The number of ether oxygens (including phenoxy) is 2. The van der Waals surface area contributed by atoms with E-state index < -0.39 is 11.8 Å². The monoisotopic (exact) mass is 510 g/mol. The predicted octanol–water partition coefficient (Wildman–Crippen LogP) is 4.93. The van der Waals surface area contributed by atoms with Gasteiger partial charge in [-0.15, -0.1) is 11.8 Å². The number of nitrogens with one attached hydrogen (secondary N) is 1. The maximum atomic E-state index is 10.8. The summed E-state index contributed by atoms with van der Waals surface area (Å²) in [4.78, 5) is 16.9. The van der Waals surface area contributed by atoms with E-state index in [0.717, 1.165) is 15.4 Å². The number of aromatic nitrogens is 2. The lowest BCUT2D eigenvalue weighted by molar-refractivity contribution is -0.184. The van der Waals surface area contributed by atoms with Crippen molar-refractivity contribution in [3.63, 3.8) is 0 Å². The van der Waals surface area contributed by atoms with Crippen LogP contribution in [0.5, 0.6) is 0 Å². The Balaban J connectivity index is 1.44. The first kappa shape index (κ1) is 23.3. The predicted molar refractivity (Wildman–Crippen MR) is 127 cm³/mol. The zero-order valence-corrected chi connectivity index (χ0v) is 19.9. The summed E-state index contributed by atoms with van der Waals surface area (Å²) < 4.78 is 17.1. The summed E-state index contributed by atoms with van der Waals surface area (Å²) in [5.74, 6) is -0.336. The van der Waals surface area contributed by atoms with E-state index in [-0.39, 0.29) is 6.10 Å². The first-order chi connectivity index (χ1) is 15.4. The van der Waals surface area contributed by atoms with Crippen molar-refractivity contribution in [3.8, 4) is 0 Å². The highest BCUT2D eigenvalue weighted by molar-refractivity contribution is 7.99. The normalized spacial score (nSPS) is 20.4. The molecule has 0 bridgehead atoms. The molecule has 11 heteroatoms. The molecule has 3 aromatic rings. The minimum Gasteiger partial charge on any atom is -0.351 e. The standard InChI is InChI=1S/C21H20Cl2N4O3S2/c22-14-1-6-18(19(23)9-14)21(12-27-8-7-25-13-27)29-10-15(30-21)11-31-16-2-4-17(5-3-16)32-26-20(24)28/h1-9,13,15H,10-12H2,(H3,24,26,28). The first-order valence-electron chi connectivity index (χ1n) is 9.62. The average Bonchev–Trinajstić information content (AvgIpc) is 3.42. The van der Waals surface area contributed by atoms with Gasteiger partial charge in [-0.2, -0.15) is 0 Å². The second kappa shape index (κ2) is 10.4. The average molecular weight is 511 g/mol. The molecule has 3 N–H and O–H groups in total. The lowest BCUT2D eigenvalue weighted by Crippen LogP contribution is -2.34. The van der Waals surface area contributed by atoms with E-state index in [1.165, 1.54) is 11.9 Å². The van der Waals surface area contributed by atoms with Gasteiger partial charge in [0, 0.05) is 38.5 Å². The third-order valence-corrected chi connectivity index (χ3v) is 7.18. The highest BCUT2D eigenvalue weighted by Gasteiger charge is 2.45. The van der Waals surface area contributed by atoms with Crippen LogP contribution in [0.3, 0.4) is 0 Å². The molecule has 2 amide bonds. The third-order valence-electron chi connectivity index (χ3n) is 4.68. The Morgan fingerprint density at radius 1 is 1.25 bits per heavy atom. The van der Waals surface area contributed by atoms with Crippen molar-refractivity contribution in [2.45, 2.75) is 28.2 Å². The van der Waals surface area contributed by atoms with Gasteiger partial charge in [0.1, 0.15) is 0 Å². The van der Waals surface area contributed by atoms with Crippen molar-refractivity contribution < 1.29 is 14.3 Å². The molecule has 0 radical (unpaired) electrons. The van der Waals surface area contributed by atoms with Gasteiger partial charge in [-0.25, -0.2) is 9.78 Å². The minimum absolute atomic E-state index is 0.138. The quantitative estimate of drug-likeness (QED) is 0.329. The second-order valence-corrected chi connectivity index (χ2v) is 9.83. The molecule has 0 spiro atoms. The van der Waals surface area contributed by atoms with Crippen LogP contribution in [0.15, 0.2) is 71.0 Å². The molecule has 2 aromatic carbocycles. The lowest BCUT2D eigenvalue weighted by Gasteiger charge is -2.30. The van der Waals surface area contributed by atoms with Crippen molar-refractivity contribution >= 4 is 52.9 Å². The zero-order chi connectivity index (χ0) is 22.6. The molecule has 4 rings (SSSR count). The van der Waals surface area contributed by atoms with Crippen LogP contribution in [0.4, 0.5) is 4.79 Å². The summed E-state index contributed by atoms with van der Waals surface area (Å²) in [7, 11) is 0. The summed E-state index contributed by atoms with van der Waals surface area (Å²) in [6.07, 6.45) is 5.14. The van der Waals surface area contributed by atoms with E-state index >= 15 is 0 Å². The molecule has 1 aliphatic rings. The van der Waals surface area contributed by atoms with Crippen molar-refractivity contribution in [3.05, 3.63) is 76.8 Å². The van der Waals surface area contributed by atoms with Crippen LogP contribution in [-0.4, -0.2) is 34.0 Å². The molecular weight excluding hydrogens is 491 g/mol. The number of carbonyl (C=O) groups excluding carboxylic acids is 1. The van der Waals surface area contributed by atoms with Crippen molar-refractivity contribution in [2.24, 2.45) is 5.73 Å². The maximum Gasteiger partial charge on any atom is 0.322 e. The largest absolute Gasteiger partial charge is 0.351 e. The molecule has 7 nitrogen and oxygen atoms in total. The number of urea groups is 1. The van der Waals surface area contributed by atoms with E-state index in [0.29, 0.717) is 28.9 Å². The van der Waals surface area contributed by atoms with Crippen LogP contribution < -0.4 is 10.5 Å². The number of thioether (sulfide) groups is 1. The topological polar surface area (TPSA) is 91.4 Å². The highest BCUT2D eigenvalue weighted by atomic mass is 35.5. The summed E-state index contributed by atoms with van der Waals surface area (Å²) in [6, 6.07) is 12.5. The smallest absolute Gasteiger partial charge is 0.322 e. The molecule has 1 saturated heterocycles. The lowest BCUT2D eigenvalue weighted by atomic mass is 10.1. The molecule has 1 aliphatic heterocycles. The van der Waals surface area contributed by atoms with E-state index in [2.05, 4.69) is 9.71 Å². The van der Waals surface area contributed by atoms with Crippen molar-refractivity contribution in [2.75, 3.05) is 12.4 Å². The van der Waals surface area contributed by atoms with E-state index in [4.69, 9.17) is 38.4 Å². The minimum atomic E-state index is -1.03. The van der Waals surface area contributed by atoms with Gasteiger partial charge >= 0.3 is 6.03 Å². The summed E-state index contributed by atoms with van der Waals surface area (Å²) in [6.45, 7) is 0.839. The number of hydrogen-bond donors (Lipinski definition) is 2. The molecule has 1 fully saturated rings. The summed E-state index contributed by atoms with van der Waals surface area (Å²) >= 11 is 15.4. The van der Waals surface area contributed by atoms with Gasteiger partial charge in [0.2, 0.25) is 5.79 Å². The second-order valence-electron chi connectivity index (χ2n) is 7.01. The fourth-order valence-electron chi connectivity index (χ4n) is 3.28. The molecule has 0 aliphatic carbocycles. The van der Waals surface area contributed by atoms with E-state index in [1.54, 1.807) is 36.4 Å². The number of carbonyl (C=O) groups is 1. The number of hydrogen-bond acceptors (Lipinski definition) is 6. The number of nitrogens with two attached hydrogens (primary N) is 1. The van der Waals surface area contributed by atoms with Gasteiger partial charge in [0.25, 0.3) is 0 Å². The van der Waals surface area contributed by atoms with Crippen molar-refractivity contribution in [1.82, 2.24) is 14.3 Å². The van der Waals surface area contributed by atoms with Gasteiger partial charge in [0.15, 0.2) is 0 Å². The highest BCUT2D eigenvalue weighted by Crippen LogP contribution is 2.41. The van der Waals surface area contributed by atoms with Crippen LogP contribution in [0.2, 0.25) is 10.0 Å². The fraction of sp³-hybridized carbons (Fsp3) is 0.238. The molecule has 2 atom stereocenters. The fourth-order valence-corrected chi connectivity index (χ4v) is 5.19. The van der Waals surface area contributed by atoms with Gasteiger partial charge < -0.3 is 19.8 Å². The van der Waals surface area contributed by atoms with Crippen LogP contribution in [-0.2, 0) is 21.8 Å². The molecule has 0 saturated carbocycles. The van der Waals surface area contributed by atoms with E-state index in [1.807, 2.05) is 41.1 Å². The summed E-state index contributed by atoms with van der Waals surface area (Å²) in [5, 5.41) is 1.04. The Bertz CT molecular complexity index is 1070. The van der Waals surface area contributed by atoms with Crippen molar-refractivity contribution in [1.29, 1.82) is 0 Å². The Kier molecular flexibility index (Phi) is 7.55. The number of benzene rings is 2.